The van der Waals surface area contributed by atoms with Crippen LogP contribution in [-0.2, 0) is 6.42 Å². The summed E-state index contributed by atoms with van der Waals surface area (Å²) in [5.74, 6) is 0.612. The van der Waals surface area contributed by atoms with Crippen molar-refractivity contribution in [1.29, 1.82) is 0 Å². The molecule has 2 aromatic rings. The van der Waals surface area contributed by atoms with Gasteiger partial charge >= 0.3 is 0 Å². The predicted octanol–water partition coefficient (Wildman–Crippen LogP) is 2.44. The molecule has 0 spiro atoms. The second-order valence-electron chi connectivity index (χ2n) is 5.68. The summed E-state index contributed by atoms with van der Waals surface area (Å²) in [6.07, 6.45) is 1.68. The highest BCUT2D eigenvalue weighted by atomic mass is 16.5. The van der Waals surface area contributed by atoms with Gasteiger partial charge in [-0.3, -0.25) is 9.59 Å². The Morgan fingerprint density at radius 2 is 1.96 bits per heavy atom. The highest BCUT2D eigenvalue weighted by Crippen LogP contribution is 2.13. The molecule has 2 N–H and O–H groups in total. The zero-order valence-electron chi connectivity index (χ0n) is 13.7. The number of aromatic nitrogens is 1. The number of hydrogen-bond acceptors (Lipinski definition) is 3. The minimum absolute atomic E-state index is 0.0178. The first kappa shape index (κ1) is 16.8. The zero-order valence-corrected chi connectivity index (χ0v) is 13.7. The number of H-pyrrole nitrogens is 1. The van der Waals surface area contributed by atoms with Crippen LogP contribution in [0.5, 0.6) is 5.75 Å². The van der Waals surface area contributed by atoms with Crippen LogP contribution in [0.2, 0.25) is 0 Å². The predicted molar refractivity (Wildman–Crippen MR) is 90.0 cm³/mol. The summed E-state index contributed by atoms with van der Waals surface area (Å²) in [4.78, 5) is 26.2. The first-order chi connectivity index (χ1) is 11.0. The molecular formula is C18H22N2O3. The molecular weight excluding hydrogens is 292 g/mol. The Kier molecular flexibility index (Phi) is 5.57. The minimum Gasteiger partial charge on any atom is -0.497 e. The van der Waals surface area contributed by atoms with Gasteiger partial charge in [0.25, 0.3) is 5.91 Å². The van der Waals surface area contributed by atoms with Gasteiger partial charge in [0.2, 0.25) is 5.56 Å². The van der Waals surface area contributed by atoms with Crippen molar-refractivity contribution in [2.45, 2.75) is 32.7 Å². The molecule has 1 aromatic heterocycles. The molecule has 0 radical (unpaired) electrons. The molecule has 1 amide bonds. The summed E-state index contributed by atoms with van der Waals surface area (Å²) in [7, 11) is 1.64. The van der Waals surface area contributed by atoms with Crippen molar-refractivity contribution >= 4 is 5.91 Å². The van der Waals surface area contributed by atoms with Gasteiger partial charge < -0.3 is 15.0 Å². The van der Waals surface area contributed by atoms with E-state index in [0.29, 0.717) is 11.3 Å². The van der Waals surface area contributed by atoms with Crippen LogP contribution in [0.4, 0.5) is 0 Å². The number of aryl methyl sites for hydroxylation is 2. The molecule has 0 aliphatic carbocycles. The lowest BCUT2D eigenvalue weighted by Crippen LogP contribution is -2.33. The molecule has 0 saturated heterocycles. The number of hydrogen-bond donors (Lipinski definition) is 2. The fourth-order valence-electron chi connectivity index (χ4n) is 2.37. The van der Waals surface area contributed by atoms with E-state index in [4.69, 9.17) is 4.74 Å². The van der Waals surface area contributed by atoms with Gasteiger partial charge in [-0.05, 0) is 50.5 Å². The summed E-state index contributed by atoms with van der Waals surface area (Å²) >= 11 is 0. The number of aromatic amines is 1. The Morgan fingerprint density at radius 1 is 1.26 bits per heavy atom. The molecule has 1 heterocycles. The zero-order chi connectivity index (χ0) is 16.8. The fourth-order valence-corrected chi connectivity index (χ4v) is 2.37. The maximum Gasteiger partial charge on any atom is 0.251 e. The standard InChI is InChI=1S/C18H22N2O3/c1-12(4-5-14-6-8-16(23-3)9-7-14)20-18(22)15-10-13(2)19-17(21)11-15/h6-12H,4-5H2,1-3H3,(H,19,21)(H,20,22). The molecule has 0 saturated carbocycles. The van der Waals surface area contributed by atoms with E-state index in [0.717, 1.165) is 18.6 Å². The van der Waals surface area contributed by atoms with Crippen LogP contribution < -0.4 is 15.6 Å². The Morgan fingerprint density at radius 3 is 2.57 bits per heavy atom. The third-order valence-corrected chi connectivity index (χ3v) is 3.64. The van der Waals surface area contributed by atoms with Gasteiger partial charge in [0, 0.05) is 23.4 Å². The van der Waals surface area contributed by atoms with Crippen molar-refractivity contribution in [3.05, 3.63) is 63.6 Å². The summed E-state index contributed by atoms with van der Waals surface area (Å²) in [6, 6.07) is 10.9. The van der Waals surface area contributed by atoms with Crippen molar-refractivity contribution in [2.24, 2.45) is 0 Å². The molecule has 2 rings (SSSR count). The van der Waals surface area contributed by atoms with Crippen LogP contribution in [0.3, 0.4) is 0 Å². The van der Waals surface area contributed by atoms with E-state index >= 15 is 0 Å². The largest absolute Gasteiger partial charge is 0.497 e. The van der Waals surface area contributed by atoms with E-state index < -0.39 is 0 Å². The first-order valence-corrected chi connectivity index (χ1v) is 7.62. The van der Waals surface area contributed by atoms with E-state index in [1.807, 2.05) is 31.2 Å². The highest BCUT2D eigenvalue weighted by Gasteiger charge is 2.11. The van der Waals surface area contributed by atoms with Crippen molar-refractivity contribution in [1.82, 2.24) is 10.3 Å². The summed E-state index contributed by atoms with van der Waals surface area (Å²) < 4.78 is 5.13. The lowest BCUT2D eigenvalue weighted by molar-refractivity contribution is 0.0938. The van der Waals surface area contributed by atoms with E-state index in [9.17, 15) is 9.59 Å². The lowest BCUT2D eigenvalue weighted by Gasteiger charge is -2.14. The third-order valence-electron chi connectivity index (χ3n) is 3.64. The van der Waals surface area contributed by atoms with Gasteiger partial charge in [-0.15, -0.1) is 0 Å². The molecule has 0 aliphatic heterocycles. The van der Waals surface area contributed by atoms with Gasteiger partial charge in [-0.2, -0.15) is 0 Å². The molecule has 122 valence electrons. The van der Waals surface area contributed by atoms with Crippen LogP contribution >= 0.6 is 0 Å². The van der Waals surface area contributed by atoms with Gasteiger partial charge in [-0.1, -0.05) is 12.1 Å². The van der Waals surface area contributed by atoms with Crippen LogP contribution in [0, 0.1) is 6.92 Å². The number of pyridine rings is 1. The number of benzene rings is 1. The summed E-state index contributed by atoms with van der Waals surface area (Å²) in [6.45, 7) is 3.72. The molecule has 1 aromatic carbocycles. The van der Waals surface area contributed by atoms with Gasteiger partial charge in [0.1, 0.15) is 5.75 Å². The van der Waals surface area contributed by atoms with Crippen LogP contribution in [0.15, 0.2) is 41.2 Å². The molecule has 0 fully saturated rings. The number of rotatable bonds is 6. The molecule has 5 nitrogen and oxygen atoms in total. The smallest absolute Gasteiger partial charge is 0.251 e. The number of nitrogens with one attached hydrogen (secondary N) is 2. The summed E-state index contributed by atoms with van der Waals surface area (Å²) in [5, 5.41) is 2.93. The number of amides is 1. The quantitative estimate of drug-likeness (QED) is 0.860. The number of methoxy groups -OCH3 is 1. The number of ether oxygens (including phenoxy) is 1. The Bertz CT molecular complexity index is 720. The molecule has 5 heteroatoms. The summed E-state index contributed by atoms with van der Waals surface area (Å²) in [5.41, 5.74) is 2.00. The topological polar surface area (TPSA) is 71.2 Å². The Labute approximate surface area is 135 Å². The maximum atomic E-state index is 12.2. The average molecular weight is 314 g/mol. The molecule has 0 aliphatic rings. The van der Waals surface area contributed by atoms with Crippen LogP contribution in [-0.4, -0.2) is 24.0 Å². The Hall–Kier alpha value is -2.56. The van der Waals surface area contributed by atoms with Gasteiger partial charge in [0.15, 0.2) is 0 Å². The monoisotopic (exact) mass is 314 g/mol. The van der Waals surface area contributed by atoms with E-state index in [1.54, 1.807) is 20.1 Å². The second-order valence-corrected chi connectivity index (χ2v) is 5.68. The molecule has 0 bridgehead atoms. The van der Waals surface area contributed by atoms with Crippen molar-refractivity contribution in [3.8, 4) is 5.75 Å². The lowest BCUT2D eigenvalue weighted by atomic mass is 10.1. The van der Waals surface area contributed by atoms with Crippen molar-refractivity contribution in [3.63, 3.8) is 0 Å². The molecule has 1 unspecified atom stereocenters. The second kappa shape index (κ2) is 7.63. The average Bonchev–Trinajstić information content (AvgIpc) is 2.52. The van der Waals surface area contributed by atoms with Crippen LogP contribution in [0.1, 0.15) is 35.0 Å². The normalized spacial score (nSPS) is 11.8. The van der Waals surface area contributed by atoms with Gasteiger partial charge in [-0.25, -0.2) is 0 Å². The van der Waals surface area contributed by atoms with Crippen LogP contribution in [0.25, 0.3) is 0 Å². The Balaban J connectivity index is 1.89. The highest BCUT2D eigenvalue weighted by molar-refractivity contribution is 5.94. The van der Waals surface area contributed by atoms with Crippen molar-refractivity contribution in [2.75, 3.05) is 7.11 Å². The maximum absolute atomic E-state index is 12.2. The van der Waals surface area contributed by atoms with E-state index in [1.165, 1.54) is 11.6 Å². The third kappa shape index (κ3) is 4.98. The number of carbonyl (C=O) groups excluding carboxylic acids is 1. The molecule has 23 heavy (non-hydrogen) atoms. The number of carbonyl (C=O) groups is 1. The van der Waals surface area contributed by atoms with E-state index in [2.05, 4.69) is 10.3 Å². The SMILES string of the molecule is COc1ccc(CCC(C)NC(=O)c2cc(C)[nH]c(=O)c2)cc1. The van der Waals surface area contributed by atoms with Crippen molar-refractivity contribution < 1.29 is 9.53 Å². The fraction of sp³-hybridized carbons (Fsp3) is 0.333. The van der Waals surface area contributed by atoms with Gasteiger partial charge in [0.05, 0.1) is 7.11 Å². The molecule has 1 atom stereocenters. The first-order valence-electron chi connectivity index (χ1n) is 7.62. The minimum atomic E-state index is -0.263. The van der Waals surface area contributed by atoms with E-state index in [-0.39, 0.29) is 17.5 Å².